The van der Waals surface area contributed by atoms with Gasteiger partial charge in [-0.15, -0.1) is 11.8 Å². The summed E-state index contributed by atoms with van der Waals surface area (Å²) < 4.78 is 17.8. The van der Waals surface area contributed by atoms with Crippen LogP contribution in [0.4, 0.5) is 5.13 Å². The molecule has 1 aromatic heterocycles. The van der Waals surface area contributed by atoms with Crippen molar-refractivity contribution in [2.75, 3.05) is 63.8 Å². The summed E-state index contributed by atoms with van der Waals surface area (Å²) in [6.45, 7) is 7.04. The van der Waals surface area contributed by atoms with Crippen LogP contribution in [0.25, 0.3) is 10.2 Å². The molecule has 2 aromatic carbocycles. The van der Waals surface area contributed by atoms with Gasteiger partial charge in [-0.05, 0) is 55.6 Å². The molecule has 0 saturated carbocycles. The van der Waals surface area contributed by atoms with E-state index in [4.69, 9.17) is 19.2 Å². The number of anilines is 1. The molecule has 1 aliphatic rings. The van der Waals surface area contributed by atoms with Gasteiger partial charge in [-0.2, -0.15) is 0 Å². The van der Waals surface area contributed by atoms with E-state index in [1.54, 1.807) is 28.0 Å². The molecule has 0 N–H and O–H groups in total. The quantitative estimate of drug-likeness (QED) is 0.398. The average Bonchev–Trinajstić information content (AvgIpc) is 3.27. The van der Waals surface area contributed by atoms with Gasteiger partial charge >= 0.3 is 0 Å². The van der Waals surface area contributed by atoms with Crippen LogP contribution >= 0.6 is 23.1 Å². The lowest BCUT2D eigenvalue weighted by Crippen LogP contribution is -2.44. The van der Waals surface area contributed by atoms with E-state index >= 15 is 0 Å². The fourth-order valence-electron chi connectivity index (χ4n) is 3.55. The predicted octanol–water partition coefficient (Wildman–Crippen LogP) is 4.16. The third-order valence-electron chi connectivity index (χ3n) is 5.36. The number of carbonyl (C=O) groups is 1. The smallest absolute Gasteiger partial charge is 0.266 e. The van der Waals surface area contributed by atoms with Gasteiger partial charge in [0.25, 0.3) is 5.91 Å². The molecule has 0 spiro atoms. The number of morpholine rings is 1. The summed E-state index contributed by atoms with van der Waals surface area (Å²) in [6, 6.07) is 13.5. The van der Waals surface area contributed by atoms with Gasteiger partial charge in [0.05, 0.1) is 30.0 Å². The van der Waals surface area contributed by atoms with Crippen molar-refractivity contribution in [3.05, 3.63) is 42.5 Å². The average molecular weight is 488 g/mol. The molecule has 1 saturated heterocycles. The van der Waals surface area contributed by atoms with Crippen LogP contribution < -0.4 is 14.4 Å². The van der Waals surface area contributed by atoms with Crippen LogP contribution in [-0.4, -0.2) is 74.7 Å². The zero-order valence-electron chi connectivity index (χ0n) is 19.0. The van der Waals surface area contributed by atoms with E-state index in [2.05, 4.69) is 23.3 Å². The number of rotatable bonds is 10. The summed E-state index contributed by atoms with van der Waals surface area (Å²) in [5.74, 6) is 1.30. The highest BCUT2D eigenvalue weighted by Crippen LogP contribution is 2.32. The molecule has 1 amide bonds. The summed E-state index contributed by atoms with van der Waals surface area (Å²) in [6.07, 6.45) is 2.06. The van der Waals surface area contributed by atoms with Gasteiger partial charge in [-0.25, -0.2) is 4.98 Å². The first kappa shape index (κ1) is 23.8. The molecular formula is C24H29N3O4S2. The van der Waals surface area contributed by atoms with Crippen molar-refractivity contribution >= 4 is 44.4 Å². The van der Waals surface area contributed by atoms with Gasteiger partial charge in [0.1, 0.15) is 11.5 Å². The van der Waals surface area contributed by atoms with E-state index in [9.17, 15) is 4.79 Å². The van der Waals surface area contributed by atoms with Gasteiger partial charge in [0, 0.05) is 31.1 Å². The molecule has 1 aliphatic heterocycles. The number of hydrogen-bond acceptors (Lipinski definition) is 8. The number of benzene rings is 2. The Bertz CT molecular complexity index is 1050. The molecule has 2 heterocycles. The third-order valence-corrected chi connectivity index (χ3v) is 7.12. The van der Waals surface area contributed by atoms with Crippen molar-refractivity contribution in [2.45, 2.75) is 11.8 Å². The highest BCUT2D eigenvalue weighted by atomic mass is 32.2. The molecule has 0 radical (unpaired) electrons. The van der Waals surface area contributed by atoms with E-state index in [-0.39, 0.29) is 12.5 Å². The molecule has 0 aliphatic carbocycles. The summed E-state index contributed by atoms with van der Waals surface area (Å²) in [5.41, 5.74) is 0.907. The van der Waals surface area contributed by atoms with Crippen molar-refractivity contribution in [1.82, 2.24) is 9.88 Å². The summed E-state index contributed by atoms with van der Waals surface area (Å²) in [7, 11) is 0. The van der Waals surface area contributed by atoms with Crippen LogP contribution in [0.5, 0.6) is 11.5 Å². The number of thiazole rings is 1. The van der Waals surface area contributed by atoms with Gasteiger partial charge in [-0.1, -0.05) is 11.3 Å². The van der Waals surface area contributed by atoms with Crippen molar-refractivity contribution in [3.8, 4) is 11.5 Å². The number of hydrogen-bond donors (Lipinski definition) is 0. The zero-order valence-corrected chi connectivity index (χ0v) is 20.6. The molecule has 3 aromatic rings. The molecule has 176 valence electrons. The molecule has 0 bridgehead atoms. The number of thioether (sulfide) groups is 1. The Labute approximate surface area is 202 Å². The maximum Gasteiger partial charge on any atom is 0.266 e. The normalized spacial score (nSPS) is 14.4. The van der Waals surface area contributed by atoms with E-state index < -0.39 is 0 Å². The minimum Gasteiger partial charge on any atom is -0.494 e. The minimum atomic E-state index is -0.110. The number of nitrogens with zero attached hydrogens (tertiary/aromatic N) is 3. The fourth-order valence-corrected chi connectivity index (χ4v) is 5.11. The standard InChI is InChI=1S/C24H29N3O4S2/c1-3-30-18-4-6-19(7-5-18)31-17-23(28)27(11-10-26-12-14-29-15-13-26)24-25-21-9-8-20(32-2)16-22(21)33-24/h4-9,16H,3,10-15,17H2,1-2H3. The molecule has 33 heavy (non-hydrogen) atoms. The lowest BCUT2D eigenvalue weighted by atomic mass is 10.3. The largest absolute Gasteiger partial charge is 0.494 e. The van der Waals surface area contributed by atoms with Crippen LogP contribution in [0.3, 0.4) is 0 Å². The van der Waals surface area contributed by atoms with Crippen LogP contribution in [0.15, 0.2) is 47.4 Å². The van der Waals surface area contributed by atoms with Crippen molar-refractivity contribution in [1.29, 1.82) is 0 Å². The Balaban J connectivity index is 1.48. The van der Waals surface area contributed by atoms with Crippen LogP contribution in [0.1, 0.15) is 6.92 Å². The summed E-state index contributed by atoms with van der Waals surface area (Å²) >= 11 is 3.24. The van der Waals surface area contributed by atoms with E-state index in [0.29, 0.717) is 24.0 Å². The highest BCUT2D eigenvalue weighted by Gasteiger charge is 2.22. The van der Waals surface area contributed by atoms with Crippen molar-refractivity contribution in [2.24, 2.45) is 0 Å². The maximum absolute atomic E-state index is 13.3. The summed E-state index contributed by atoms with van der Waals surface area (Å²) in [5, 5.41) is 0.705. The molecular weight excluding hydrogens is 458 g/mol. The topological polar surface area (TPSA) is 64.1 Å². The zero-order chi connectivity index (χ0) is 23.0. The third kappa shape index (κ3) is 6.38. The molecule has 4 rings (SSSR count). The van der Waals surface area contributed by atoms with Crippen LogP contribution in [-0.2, 0) is 9.53 Å². The fraction of sp³-hybridized carbons (Fsp3) is 0.417. The summed E-state index contributed by atoms with van der Waals surface area (Å²) in [4.78, 5) is 23.3. The molecule has 1 fully saturated rings. The second-order valence-corrected chi connectivity index (χ2v) is 9.41. The first-order chi connectivity index (χ1) is 16.2. The van der Waals surface area contributed by atoms with Gasteiger partial charge in [0.2, 0.25) is 0 Å². The second-order valence-electron chi connectivity index (χ2n) is 7.52. The Morgan fingerprint density at radius 1 is 1.15 bits per heavy atom. The number of amides is 1. The Morgan fingerprint density at radius 2 is 1.88 bits per heavy atom. The predicted molar refractivity (Wildman–Crippen MR) is 134 cm³/mol. The number of carbonyl (C=O) groups excluding carboxylic acids is 1. The molecule has 0 unspecified atom stereocenters. The first-order valence-electron chi connectivity index (χ1n) is 11.1. The SMILES string of the molecule is CCOc1ccc(OCC(=O)N(CCN2CCOCC2)c2nc3ccc(SC)cc3s2)cc1. The lowest BCUT2D eigenvalue weighted by Gasteiger charge is -2.29. The number of aromatic nitrogens is 1. The van der Waals surface area contributed by atoms with E-state index in [1.165, 1.54) is 4.90 Å². The number of ether oxygens (including phenoxy) is 3. The molecule has 0 atom stereocenters. The first-order valence-corrected chi connectivity index (χ1v) is 13.1. The van der Waals surface area contributed by atoms with Gasteiger partial charge in [-0.3, -0.25) is 14.6 Å². The van der Waals surface area contributed by atoms with Crippen LogP contribution in [0, 0.1) is 0 Å². The number of fused-ring (bicyclic) bond motifs is 1. The Morgan fingerprint density at radius 3 is 2.58 bits per heavy atom. The van der Waals surface area contributed by atoms with E-state index in [1.807, 2.05) is 37.3 Å². The van der Waals surface area contributed by atoms with Crippen LogP contribution in [0.2, 0.25) is 0 Å². The monoisotopic (exact) mass is 487 g/mol. The van der Waals surface area contributed by atoms with Crippen molar-refractivity contribution < 1.29 is 19.0 Å². The Kier molecular flexibility index (Phi) is 8.44. The van der Waals surface area contributed by atoms with Gasteiger partial charge < -0.3 is 14.2 Å². The molecule has 7 nitrogen and oxygen atoms in total. The highest BCUT2D eigenvalue weighted by molar-refractivity contribution is 7.98. The maximum atomic E-state index is 13.3. The lowest BCUT2D eigenvalue weighted by molar-refractivity contribution is -0.120. The minimum absolute atomic E-state index is 0.0525. The van der Waals surface area contributed by atoms with Gasteiger partial charge in [0.15, 0.2) is 11.7 Å². The Hall–Kier alpha value is -2.33. The molecule has 9 heteroatoms. The van der Waals surface area contributed by atoms with E-state index in [0.717, 1.165) is 48.8 Å². The van der Waals surface area contributed by atoms with Crippen molar-refractivity contribution in [3.63, 3.8) is 0 Å². The second kappa shape index (κ2) is 11.7.